The van der Waals surface area contributed by atoms with E-state index in [4.69, 9.17) is 0 Å². The summed E-state index contributed by atoms with van der Waals surface area (Å²) in [5, 5.41) is 6.29. The lowest BCUT2D eigenvalue weighted by Crippen LogP contribution is -2.23. The van der Waals surface area contributed by atoms with Gasteiger partial charge in [-0.25, -0.2) is 0 Å². The Balaban J connectivity index is 1.99. The molecule has 110 valence electrons. The quantitative estimate of drug-likeness (QED) is 0.847. The molecule has 2 N–H and O–H groups in total. The Morgan fingerprint density at radius 3 is 2.52 bits per heavy atom. The van der Waals surface area contributed by atoms with Crippen LogP contribution in [-0.2, 0) is 6.54 Å². The molecule has 0 unspecified atom stereocenters. The molecule has 3 heteroatoms. The summed E-state index contributed by atoms with van der Waals surface area (Å²) in [6, 6.07) is 15.8. The van der Waals surface area contributed by atoms with E-state index < -0.39 is 0 Å². The number of benzene rings is 2. The van der Waals surface area contributed by atoms with Crippen LogP contribution in [0.2, 0.25) is 0 Å². The van der Waals surface area contributed by atoms with Crippen molar-refractivity contribution >= 4 is 11.6 Å². The monoisotopic (exact) mass is 282 g/mol. The molecule has 0 bridgehead atoms. The summed E-state index contributed by atoms with van der Waals surface area (Å²) in [6.07, 6.45) is 1.08. The van der Waals surface area contributed by atoms with E-state index >= 15 is 0 Å². The van der Waals surface area contributed by atoms with Gasteiger partial charge in [-0.2, -0.15) is 0 Å². The van der Waals surface area contributed by atoms with Gasteiger partial charge in [-0.05, 0) is 42.7 Å². The molecule has 2 aromatic carbocycles. The van der Waals surface area contributed by atoms with Crippen molar-refractivity contribution < 1.29 is 4.79 Å². The van der Waals surface area contributed by atoms with Crippen LogP contribution in [0.15, 0.2) is 48.5 Å². The SMILES string of the molecule is CCCNc1ccc(C(=O)NCc2ccccc2)c(C)c1. The summed E-state index contributed by atoms with van der Waals surface area (Å²) in [7, 11) is 0. The maximum absolute atomic E-state index is 12.2. The Morgan fingerprint density at radius 1 is 1.10 bits per heavy atom. The first-order chi connectivity index (χ1) is 10.2. The average molecular weight is 282 g/mol. The van der Waals surface area contributed by atoms with Gasteiger partial charge >= 0.3 is 0 Å². The third kappa shape index (κ3) is 4.35. The fraction of sp³-hybridized carbons (Fsp3) is 0.278. The lowest BCUT2D eigenvalue weighted by Gasteiger charge is -2.10. The second kappa shape index (κ2) is 7.48. The normalized spacial score (nSPS) is 10.2. The Bertz CT molecular complexity index is 593. The van der Waals surface area contributed by atoms with Gasteiger partial charge in [-0.15, -0.1) is 0 Å². The number of carbonyl (C=O) groups excluding carboxylic acids is 1. The molecule has 0 aliphatic heterocycles. The summed E-state index contributed by atoms with van der Waals surface area (Å²) >= 11 is 0. The highest BCUT2D eigenvalue weighted by molar-refractivity contribution is 5.96. The van der Waals surface area contributed by atoms with Gasteiger partial charge in [0, 0.05) is 24.3 Å². The van der Waals surface area contributed by atoms with Crippen LogP contribution in [0.3, 0.4) is 0 Å². The molecule has 0 saturated heterocycles. The zero-order chi connectivity index (χ0) is 15.1. The third-order valence-electron chi connectivity index (χ3n) is 3.35. The van der Waals surface area contributed by atoms with Crippen molar-refractivity contribution in [3.05, 3.63) is 65.2 Å². The van der Waals surface area contributed by atoms with Crippen LogP contribution in [-0.4, -0.2) is 12.5 Å². The molecular weight excluding hydrogens is 260 g/mol. The maximum Gasteiger partial charge on any atom is 0.251 e. The highest BCUT2D eigenvalue weighted by atomic mass is 16.1. The van der Waals surface area contributed by atoms with Crippen molar-refractivity contribution in [2.24, 2.45) is 0 Å². The Hall–Kier alpha value is -2.29. The van der Waals surface area contributed by atoms with Crippen LogP contribution in [0, 0.1) is 6.92 Å². The number of rotatable bonds is 6. The molecule has 0 saturated carbocycles. The first-order valence-corrected chi connectivity index (χ1v) is 7.37. The van der Waals surface area contributed by atoms with E-state index in [1.807, 2.05) is 55.5 Å². The average Bonchev–Trinajstić information content (AvgIpc) is 2.51. The van der Waals surface area contributed by atoms with Gasteiger partial charge in [0.05, 0.1) is 0 Å². The summed E-state index contributed by atoms with van der Waals surface area (Å²) in [6.45, 7) is 5.59. The summed E-state index contributed by atoms with van der Waals surface area (Å²) < 4.78 is 0. The summed E-state index contributed by atoms with van der Waals surface area (Å²) in [5.41, 5.74) is 3.88. The van der Waals surface area contributed by atoms with Crippen LogP contribution in [0.1, 0.15) is 34.8 Å². The molecular formula is C18H22N2O. The van der Waals surface area contributed by atoms with Crippen molar-refractivity contribution in [3.8, 4) is 0 Å². The number of hydrogen-bond acceptors (Lipinski definition) is 2. The van der Waals surface area contributed by atoms with E-state index in [9.17, 15) is 4.79 Å². The van der Waals surface area contributed by atoms with E-state index in [0.29, 0.717) is 6.54 Å². The minimum absolute atomic E-state index is 0.0293. The summed E-state index contributed by atoms with van der Waals surface area (Å²) in [4.78, 5) is 12.2. The largest absolute Gasteiger partial charge is 0.385 e. The minimum Gasteiger partial charge on any atom is -0.385 e. The van der Waals surface area contributed by atoms with Gasteiger partial charge in [0.25, 0.3) is 5.91 Å². The fourth-order valence-corrected chi connectivity index (χ4v) is 2.17. The van der Waals surface area contributed by atoms with Crippen molar-refractivity contribution in [2.45, 2.75) is 26.8 Å². The molecule has 0 heterocycles. The molecule has 3 nitrogen and oxygen atoms in total. The lowest BCUT2D eigenvalue weighted by atomic mass is 10.1. The van der Waals surface area contributed by atoms with Crippen molar-refractivity contribution in [3.63, 3.8) is 0 Å². The van der Waals surface area contributed by atoms with Gasteiger partial charge < -0.3 is 10.6 Å². The molecule has 1 amide bonds. The second-order valence-corrected chi connectivity index (χ2v) is 5.12. The zero-order valence-electron chi connectivity index (χ0n) is 12.6. The lowest BCUT2D eigenvalue weighted by molar-refractivity contribution is 0.0950. The third-order valence-corrected chi connectivity index (χ3v) is 3.35. The topological polar surface area (TPSA) is 41.1 Å². The number of aryl methyl sites for hydroxylation is 1. The minimum atomic E-state index is -0.0293. The van der Waals surface area contributed by atoms with Gasteiger partial charge in [-0.3, -0.25) is 4.79 Å². The van der Waals surface area contributed by atoms with E-state index in [1.165, 1.54) is 0 Å². The first kappa shape index (κ1) is 15.1. The van der Waals surface area contributed by atoms with E-state index in [2.05, 4.69) is 17.6 Å². The Labute approximate surface area is 126 Å². The van der Waals surface area contributed by atoms with Crippen molar-refractivity contribution in [1.29, 1.82) is 0 Å². The van der Waals surface area contributed by atoms with Crippen molar-refractivity contribution in [1.82, 2.24) is 5.32 Å². The zero-order valence-corrected chi connectivity index (χ0v) is 12.6. The molecule has 0 aliphatic rings. The fourth-order valence-electron chi connectivity index (χ4n) is 2.17. The number of hydrogen-bond donors (Lipinski definition) is 2. The predicted octanol–water partition coefficient (Wildman–Crippen LogP) is 3.75. The molecule has 2 rings (SSSR count). The highest BCUT2D eigenvalue weighted by Crippen LogP contribution is 2.15. The number of amides is 1. The molecule has 0 spiro atoms. The molecule has 0 fully saturated rings. The smallest absolute Gasteiger partial charge is 0.251 e. The van der Waals surface area contributed by atoms with Crippen LogP contribution in [0.5, 0.6) is 0 Å². The van der Waals surface area contributed by atoms with Gasteiger partial charge in [-0.1, -0.05) is 37.3 Å². The molecule has 2 aromatic rings. The number of anilines is 1. The number of nitrogens with one attached hydrogen (secondary N) is 2. The first-order valence-electron chi connectivity index (χ1n) is 7.37. The highest BCUT2D eigenvalue weighted by Gasteiger charge is 2.09. The standard InChI is InChI=1S/C18H22N2O/c1-3-11-19-16-9-10-17(14(2)12-16)18(21)20-13-15-7-5-4-6-8-15/h4-10,12,19H,3,11,13H2,1-2H3,(H,20,21). The predicted molar refractivity (Wildman–Crippen MR) is 87.6 cm³/mol. The van der Waals surface area contributed by atoms with Crippen LogP contribution >= 0.6 is 0 Å². The van der Waals surface area contributed by atoms with Crippen LogP contribution < -0.4 is 10.6 Å². The van der Waals surface area contributed by atoms with Gasteiger partial charge in [0.15, 0.2) is 0 Å². The van der Waals surface area contributed by atoms with Gasteiger partial charge in [0.1, 0.15) is 0 Å². The van der Waals surface area contributed by atoms with E-state index in [0.717, 1.165) is 35.3 Å². The molecule has 0 aliphatic carbocycles. The molecule has 0 atom stereocenters. The number of carbonyl (C=O) groups is 1. The van der Waals surface area contributed by atoms with Crippen molar-refractivity contribution in [2.75, 3.05) is 11.9 Å². The molecule has 0 aromatic heterocycles. The summed E-state index contributed by atoms with van der Waals surface area (Å²) in [5.74, 6) is -0.0293. The Kier molecular flexibility index (Phi) is 5.38. The van der Waals surface area contributed by atoms with Crippen LogP contribution in [0.25, 0.3) is 0 Å². The van der Waals surface area contributed by atoms with Crippen LogP contribution in [0.4, 0.5) is 5.69 Å². The maximum atomic E-state index is 12.2. The second-order valence-electron chi connectivity index (χ2n) is 5.12. The van der Waals surface area contributed by atoms with E-state index in [1.54, 1.807) is 0 Å². The van der Waals surface area contributed by atoms with Gasteiger partial charge in [0.2, 0.25) is 0 Å². The molecule has 21 heavy (non-hydrogen) atoms. The van der Waals surface area contributed by atoms with E-state index in [-0.39, 0.29) is 5.91 Å². The molecule has 0 radical (unpaired) electrons. The Morgan fingerprint density at radius 2 is 1.86 bits per heavy atom.